The fraction of sp³-hybridized carbons (Fsp3) is 0.435. The maximum absolute atomic E-state index is 12.8. The highest BCUT2D eigenvalue weighted by atomic mass is 16.5. The molecular weight excluding hydrogens is 426 g/mol. The summed E-state index contributed by atoms with van der Waals surface area (Å²) in [4.78, 5) is 48.2. The van der Waals surface area contributed by atoms with Crippen molar-refractivity contribution >= 4 is 23.7 Å². The van der Waals surface area contributed by atoms with E-state index in [0.29, 0.717) is 56.2 Å². The van der Waals surface area contributed by atoms with Crippen LogP contribution in [-0.4, -0.2) is 76.1 Å². The van der Waals surface area contributed by atoms with E-state index in [4.69, 9.17) is 4.74 Å². The van der Waals surface area contributed by atoms with Gasteiger partial charge in [-0.3, -0.25) is 9.59 Å². The lowest BCUT2D eigenvalue weighted by molar-refractivity contribution is -0.139. The normalized spacial score (nSPS) is 16.4. The van der Waals surface area contributed by atoms with Crippen LogP contribution in [0.2, 0.25) is 0 Å². The molecule has 2 N–H and O–H groups in total. The fourth-order valence-corrected chi connectivity index (χ4v) is 4.15. The highest BCUT2D eigenvalue weighted by molar-refractivity contribution is 5.92. The number of urea groups is 1. The third-order valence-electron chi connectivity index (χ3n) is 6.03. The molecule has 1 unspecified atom stereocenters. The van der Waals surface area contributed by atoms with Crippen LogP contribution in [0.15, 0.2) is 30.5 Å². The van der Waals surface area contributed by atoms with Gasteiger partial charge in [0.2, 0.25) is 11.8 Å². The predicted octanol–water partition coefficient (Wildman–Crippen LogP) is 1.91. The Balaban J connectivity index is 1.30. The SMILES string of the molecule is COc1ccc(C(CN2CCN(CCCc3ccc4c(n3)NC(=O)CC4)C2=O)C(=O)O)cn1. The number of amides is 3. The molecule has 0 aromatic carbocycles. The van der Waals surface area contributed by atoms with E-state index in [2.05, 4.69) is 15.3 Å². The third kappa shape index (κ3) is 5.21. The van der Waals surface area contributed by atoms with Crippen molar-refractivity contribution in [2.45, 2.75) is 31.6 Å². The van der Waals surface area contributed by atoms with Crippen LogP contribution < -0.4 is 10.1 Å². The molecule has 2 aliphatic heterocycles. The number of carbonyl (C=O) groups excluding carboxylic acids is 2. The number of pyridine rings is 2. The summed E-state index contributed by atoms with van der Waals surface area (Å²) in [5, 5.41) is 12.5. The second-order valence-corrected chi connectivity index (χ2v) is 8.20. The minimum atomic E-state index is -1.00. The minimum Gasteiger partial charge on any atom is -0.481 e. The van der Waals surface area contributed by atoms with Crippen molar-refractivity contribution in [2.24, 2.45) is 0 Å². The van der Waals surface area contributed by atoms with Crippen LogP contribution in [0.3, 0.4) is 0 Å². The van der Waals surface area contributed by atoms with E-state index in [9.17, 15) is 19.5 Å². The molecule has 10 heteroatoms. The standard InChI is InChI=1S/C23H27N5O5/c1-33-20-9-6-16(13-24-20)18(22(30)31)14-28-12-11-27(23(28)32)10-2-3-17-7-4-15-5-8-19(29)26-21(15)25-17/h4,6-7,9,13,18H,2-3,5,8,10-12,14H2,1H3,(H,30,31)(H,25,26,29). The molecule has 1 saturated heterocycles. The Morgan fingerprint density at radius 3 is 2.73 bits per heavy atom. The highest BCUT2D eigenvalue weighted by Gasteiger charge is 2.32. The molecule has 0 radical (unpaired) electrons. The first-order chi connectivity index (χ1) is 15.9. The highest BCUT2D eigenvalue weighted by Crippen LogP contribution is 2.23. The number of carbonyl (C=O) groups is 3. The van der Waals surface area contributed by atoms with Gasteiger partial charge >= 0.3 is 12.0 Å². The molecule has 4 rings (SSSR count). The van der Waals surface area contributed by atoms with Gasteiger partial charge < -0.3 is 25.0 Å². The van der Waals surface area contributed by atoms with E-state index >= 15 is 0 Å². The van der Waals surface area contributed by atoms with Crippen molar-refractivity contribution in [2.75, 3.05) is 38.6 Å². The van der Waals surface area contributed by atoms with Crippen molar-refractivity contribution in [3.05, 3.63) is 47.3 Å². The number of aliphatic carboxylic acids is 1. The van der Waals surface area contributed by atoms with Gasteiger partial charge in [-0.05, 0) is 36.5 Å². The number of carboxylic acid groups (broad SMARTS) is 1. The summed E-state index contributed by atoms with van der Waals surface area (Å²) in [5.74, 6) is -0.831. The number of carboxylic acids is 1. The number of fused-ring (bicyclic) bond motifs is 1. The summed E-state index contributed by atoms with van der Waals surface area (Å²) < 4.78 is 5.02. The Hall–Kier alpha value is -3.69. The third-order valence-corrected chi connectivity index (χ3v) is 6.03. The molecule has 0 aliphatic carbocycles. The number of ether oxygens (including phenoxy) is 1. The maximum atomic E-state index is 12.8. The van der Waals surface area contributed by atoms with Crippen LogP contribution in [0.4, 0.5) is 10.6 Å². The molecule has 2 aliphatic rings. The van der Waals surface area contributed by atoms with Crippen LogP contribution in [0.5, 0.6) is 5.88 Å². The van der Waals surface area contributed by atoms with E-state index in [1.54, 1.807) is 21.9 Å². The second kappa shape index (κ2) is 9.85. The molecule has 33 heavy (non-hydrogen) atoms. The van der Waals surface area contributed by atoms with Crippen molar-refractivity contribution in [3.63, 3.8) is 0 Å². The second-order valence-electron chi connectivity index (χ2n) is 8.20. The molecule has 10 nitrogen and oxygen atoms in total. The van der Waals surface area contributed by atoms with E-state index < -0.39 is 11.9 Å². The van der Waals surface area contributed by atoms with Crippen LogP contribution in [-0.2, 0) is 22.4 Å². The summed E-state index contributed by atoms with van der Waals surface area (Å²) in [6.07, 6.45) is 4.08. The van der Waals surface area contributed by atoms with Gasteiger partial charge in [0, 0.05) is 50.6 Å². The van der Waals surface area contributed by atoms with Crippen LogP contribution in [0.1, 0.15) is 35.6 Å². The summed E-state index contributed by atoms with van der Waals surface area (Å²) >= 11 is 0. The van der Waals surface area contributed by atoms with E-state index in [1.807, 2.05) is 12.1 Å². The summed E-state index contributed by atoms with van der Waals surface area (Å²) in [6, 6.07) is 7.09. The Labute approximate surface area is 191 Å². The van der Waals surface area contributed by atoms with E-state index in [1.165, 1.54) is 13.3 Å². The lowest BCUT2D eigenvalue weighted by atomic mass is 10.0. The first-order valence-corrected chi connectivity index (χ1v) is 11.0. The molecule has 0 saturated carbocycles. The molecule has 4 heterocycles. The van der Waals surface area contributed by atoms with Crippen molar-refractivity contribution in [1.82, 2.24) is 19.8 Å². The van der Waals surface area contributed by atoms with Crippen LogP contribution in [0.25, 0.3) is 0 Å². The largest absolute Gasteiger partial charge is 0.481 e. The van der Waals surface area contributed by atoms with Gasteiger partial charge in [-0.2, -0.15) is 0 Å². The van der Waals surface area contributed by atoms with Gasteiger partial charge in [0.25, 0.3) is 0 Å². The monoisotopic (exact) mass is 453 g/mol. The molecule has 3 amide bonds. The van der Waals surface area contributed by atoms with Gasteiger partial charge in [-0.25, -0.2) is 14.8 Å². The van der Waals surface area contributed by atoms with Gasteiger partial charge in [-0.15, -0.1) is 0 Å². The number of hydrogen-bond acceptors (Lipinski definition) is 6. The Morgan fingerprint density at radius 2 is 2.00 bits per heavy atom. The lowest BCUT2D eigenvalue weighted by Gasteiger charge is -2.22. The smallest absolute Gasteiger partial charge is 0.320 e. The van der Waals surface area contributed by atoms with Crippen LogP contribution >= 0.6 is 0 Å². The zero-order valence-corrected chi connectivity index (χ0v) is 18.5. The van der Waals surface area contributed by atoms with E-state index in [0.717, 1.165) is 17.7 Å². The average molecular weight is 453 g/mol. The quantitative estimate of drug-likeness (QED) is 0.594. The predicted molar refractivity (Wildman–Crippen MR) is 119 cm³/mol. The Morgan fingerprint density at radius 1 is 1.18 bits per heavy atom. The first-order valence-electron chi connectivity index (χ1n) is 11.0. The molecule has 2 aromatic heterocycles. The van der Waals surface area contributed by atoms with Gasteiger partial charge in [0.15, 0.2) is 0 Å². The Bertz CT molecular complexity index is 1040. The summed E-state index contributed by atoms with van der Waals surface area (Å²) in [5.41, 5.74) is 2.45. The van der Waals surface area contributed by atoms with Crippen LogP contribution in [0, 0.1) is 0 Å². The zero-order valence-electron chi connectivity index (χ0n) is 18.5. The lowest BCUT2D eigenvalue weighted by Crippen LogP contribution is -2.36. The van der Waals surface area contributed by atoms with Gasteiger partial charge in [-0.1, -0.05) is 12.1 Å². The number of aryl methyl sites for hydroxylation is 2. The number of anilines is 1. The first kappa shape index (κ1) is 22.5. The number of nitrogens with one attached hydrogen (secondary N) is 1. The van der Waals surface area contributed by atoms with Crippen molar-refractivity contribution < 1.29 is 24.2 Å². The fourth-order valence-electron chi connectivity index (χ4n) is 4.15. The van der Waals surface area contributed by atoms with Gasteiger partial charge in [0.05, 0.1) is 7.11 Å². The maximum Gasteiger partial charge on any atom is 0.320 e. The molecule has 0 spiro atoms. The molecular formula is C23H27N5O5. The zero-order chi connectivity index (χ0) is 23.4. The van der Waals surface area contributed by atoms with Crippen molar-refractivity contribution in [1.29, 1.82) is 0 Å². The van der Waals surface area contributed by atoms with E-state index in [-0.39, 0.29) is 18.5 Å². The number of hydrogen-bond donors (Lipinski definition) is 2. The van der Waals surface area contributed by atoms with Crippen molar-refractivity contribution in [3.8, 4) is 5.88 Å². The average Bonchev–Trinajstić information content (AvgIpc) is 3.16. The molecule has 0 bridgehead atoms. The topological polar surface area (TPSA) is 125 Å². The number of aromatic nitrogens is 2. The molecule has 1 atom stereocenters. The summed E-state index contributed by atoms with van der Waals surface area (Å²) in [6.45, 7) is 1.68. The molecule has 174 valence electrons. The number of nitrogens with zero attached hydrogens (tertiary/aromatic N) is 4. The number of rotatable bonds is 9. The molecule has 1 fully saturated rings. The number of methoxy groups -OCH3 is 1. The van der Waals surface area contributed by atoms with Gasteiger partial charge in [0.1, 0.15) is 11.7 Å². The summed E-state index contributed by atoms with van der Waals surface area (Å²) in [7, 11) is 1.49. The molecule has 2 aromatic rings. The Kier molecular flexibility index (Phi) is 6.71. The minimum absolute atomic E-state index is 0.0139.